The second-order valence-corrected chi connectivity index (χ2v) is 5.14. The maximum absolute atomic E-state index is 5.57. The van der Waals surface area contributed by atoms with Gasteiger partial charge >= 0.3 is 6.01 Å². The van der Waals surface area contributed by atoms with Crippen molar-refractivity contribution in [3.63, 3.8) is 0 Å². The molecule has 0 bridgehead atoms. The van der Waals surface area contributed by atoms with Crippen LogP contribution in [-0.4, -0.2) is 55.6 Å². The van der Waals surface area contributed by atoms with E-state index in [4.69, 9.17) is 9.47 Å². The van der Waals surface area contributed by atoms with E-state index in [2.05, 4.69) is 30.4 Å². The number of ether oxygens (including phenoxy) is 2. The van der Waals surface area contributed by atoms with Crippen molar-refractivity contribution in [2.24, 2.45) is 0 Å². The van der Waals surface area contributed by atoms with Gasteiger partial charge in [0.25, 0.3) is 5.95 Å². The van der Waals surface area contributed by atoms with Gasteiger partial charge in [-0.25, -0.2) is 4.98 Å². The van der Waals surface area contributed by atoms with Gasteiger partial charge in [-0.1, -0.05) is 0 Å². The normalized spacial score (nSPS) is 11.4. The Morgan fingerprint density at radius 2 is 2.00 bits per heavy atom. The lowest BCUT2D eigenvalue weighted by atomic mass is 10.2. The second kappa shape index (κ2) is 6.44. The molecule has 0 aliphatic rings. The summed E-state index contributed by atoms with van der Waals surface area (Å²) in [6.07, 6.45) is 2.90. The number of rotatable bonds is 6. The van der Waals surface area contributed by atoms with Crippen LogP contribution in [0.15, 0.2) is 12.7 Å². The molecule has 0 atom stereocenters. The number of hydrogen-bond acceptors (Lipinski definition) is 8. The molecule has 2 aromatic heterocycles. The Hall–Kier alpha value is -2.29. The third kappa shape index (κ3) is 4.63. The van der Waals surface area contributed by atoms with Gasteiger partial charge in [-0.3, -0.25) is 0 Å². The highest BCUT2D eigenvalue weighted by Gasteiger charge is 2.11. The quantitative estimate of drug-likeness (QED) is 0.776. The molecule has 9 heteroatoms. The molecule has 114 valence electrons. The standard InChI is InChI=1S/C12H19N7O2/c1-12(2,3)21-6-5-20-11-17-9(13-4)16-10(18-11)19-8-14-7-15-19/h7-8H,5-6H2,1-4H3,(H,13,16,17,18). The first-order valence-electron chi connectivity index (χ1n) is 6.53. The molecule has 0 aliphatic heterocycles. The monoisotopic (exact) mass is 293 g/mol. The lowest BCUT2D eigenvalue weighted by molar-refractivity contribution is -0.0173. The predicted octanol–water partition coefficient (Wildman–Crippen LogP) is 0.688. The van der Waals surface area contributed by atoms with Crippen LogP contribution >= 0.6 is 0 Å². The molecule has 0 aliphatic carbocycles. The third-order valence-electron chi connectivity index (χ3n) is 2.30. The van der Waals surface area contributed by atoms with Crippen LogP contribution < -0.4 is 10.1 Å². The number of nitrogens with one attached hydrogen (secondary N) is 1. The molecule has 0 spiro atoms. The molecule has 0 radical (unpaired) electrons. The van der Waals surface area contributed by atoms with E-state index in [1.54, 1.807) is 7.05 Å². The van der Waals surface area contributed by atoms with E-state index in [1.165, 1.54) is 17.3 Å². The van der Waals surface area contributed by atoms with E-state index in [9.17, 15) is 0 Å². The Morgan fingerprint density at radius 1 is 1.19 bits per heavy atom. The summed E-state index contributed by atoms with van der Waals surface area (Å²) in [6, 6.07) is 0.206. The van der Waals surface area contributed by atoms with E-state index in [-0.39, 0.29) is 11.6 Å². The molecule has 0 aromatic carbocycles. The van der Waals surface area contributed by atoms with Gasteiger partial charge in [-0.2, -0.15) is 24.7 Å². The fourth-order valence-corrected chi connectivity index (χ4v) is 1.42. The average Bonchev–Trinajstić information content (AvgIpc) is 2.96. The Labute approximate surface area is 122 Å². The zero-order chi connectivity index (χ0) is 15.3. The van der Waals surface area contributed by atoms with Crippen LogP contribution in [-0.2, 0) is 4.74 Å². The van der Waals surface area contributed by atoms with Crippen LogP contribution in [0.25, 0.3) is 5.95 Å². The van der Waals surface area contributed by atoms with Crippen LogP contribution in [0, 0.1) is 0 Å². The zero-order valence-electron chi connectivity index (χ0n) is 12.6. The number of anilines is 1. The van der Waals surface area contributed by atoms with Gasteiger partial charge in [0.1, 0.15) is 19.3 Å². The van der Waals surface area contributed by atoms with Crippen molar-refractivity contribution in [2.45, 2.75) is 26.4 Å². The maximum atomic E-state index is 5.57. The van der Waals surface area contributed by atoms with Crippen LogP contribution in [0.3, 0.4) is 0 Å². The highest BCUT2D eigenvalue weighted by Crippen LogP contribution is 2.10. The largest absolute Gasteiger partial charge is 0.461 e. The van der Waals surface area contributed by atoms with Crippen LogP contribution in [0.4, 0.5) is 5.95 Å². The molecular weight excluding hydrogens is 274 g/mol. The lowest BCUT2D eigenvalue weighted by Gasteiger charge is -2.19. The molecule has 0 amide bonds. The minimum absolute atomic E-state index is 0.204. The first kappa shape index (κ1) is 15.1. The predicted molar refractivity (Wildman–Crippen MR) is 75.5 cm³/mol. The minimum Gasteiger partial charge on any atom is -0.461 e. The summed E-state index contributed by atoms with van der Waals surface area (Å²) in [7, 11) is 1.72. The van der Waals surface area contributed by atoms with E-state index in [0.29, 0.717) is 25.1 Å². The summed E-state index contributed by atoms with van der Waals surface area (Å²) in [4.78, 5) is 16.3. The SMILES string of the molecule is CNc1nc(OCCOC(C)(C)C)nc(-n2cncn2)n1. The first-order chi connectivity index (χ1) is 9.98. The van der Waals surface area contributed by atoms with Gasteiger partial charge in [0, 0.05) is 7.05 Å². The highest BCUT2D eigenvalue weighted by atomic mass is 16.5. The fourth-order valence-electron chi connectivity index (χ4n) is 1.42. The summed E-state index contributed by atoms with van der Waals surface area (Å²) in [5.41, 5.74) is -0.204. The molecule has 21 heavy (non-hydrogen) atoms. The Balaban J connectivity index is 2.04. The molecule has 0 unspecified atom stereocenters. The summed E-state index contributed by atoms with van der Waals surface area (Å²) in [6.45, 7) is 6.75. The fraction of sp³-hybridized carbons (Fsp3) is 0.583. The Morgan fingerprint density at radius 3 is 2.62 bits per heavy atom. The highest BCUT2D eigenvalue weighted by molar-refractivity contribution is 5.28. The van der Waals surface area contributed by atoms with Gasteiger partial charge < -0.3 is 14.8 Å². The second-order valence-electron chi connectivity index (χ2n) is 5.14. The van der Waals surface area contributed by atoms with Crippen LogP contribution in [0.5, 0.6) is 6.01 Å². The number of hydrogen-bond donors (Lipinski definition) is 1. The zero-order valence-corrected chi connectivity index (χ0v) is 12.6. The van der Waals surface area contributed by atoms with Crippen molar-refractivity contribution in [3.05, 3.63) is 12.7 Å². The smallest absolute Gasteiger partial charge is 0.323 e. The van der Waals surface area contributed by atoms with Crippen molar-refractivity contribution < 1.29 is 9.47 Å². The lowest BCUT2D eigenvalue weighted by Crippen LogP contribution is -2.23. The van der Waals surface area contributed by atoms with E-state index >= 15 is 0 Å². The third-order valence-corrected chi connectivity index (χ3v) is 2.30. The van der Waals surface area contributed by atoms with Crippen molar-refractivity contribution in [2.75, 3.05) is 25.6 Å². The van der Waals surface area contributed by atoms with Gasteiger partial charge in [-0.15, -0.1) is 0 Å². The Bertz CT molecular complexity index is 565. The minimum atomic E-state index is -0.204. The molecule has 0 saturated heterocycles. The van der Waals surface area contributed by atoms with Crippen LogP contribution in [0.2, 0.25) is 0 Å². The van der Waals surface area contributed by atoms with E-state index in [0.717, 1.165) is 0 Å². The van der Waals surface area contributed by atoms with Crippen molar-refractivity contribution in [1.82, 2.24) is 29.7 Å². The molecule has 2 aromatic rings. The van der Waals surface area contributed by atoms with Gasteiger partial charge in [0.05, 0.1) is 12.2 Å². The summed E-state index contributed by atoms with van der Waals surface area (Å²) < 4.78 is 12.5. The summed E-state index contributed by atoms with van der Waals surface area (Å²) in [5.74, 6) is 0.723. The molecule has 1 N–H and O–H groups in total. The van der Waals surface area contributed by atoms with E-state index < -0.39 is 0 Å². The molecule has 2 heterocycles. The molecule has 2 rings (SSSR count). The van der Waals surface area contributed by atoms with E-state index in [1.807, 2.05) is 20.8 Å². The number of aromatic nitrogens is 6. The van der Waals surface area contributed by atoms with Gasteiger partial charge in [0.2, 0.25) is 5.95 Å². The topological polar surface area (TPSA) is 99.9 Å². The molecule has 9 nitrogen and oxygen atoms in total. The van der Waals surface area contributed by atoms with Crippen molar-refractivity contribution >= 4 is 5.95 Å². The molecular formula is C12H19N7O2. The summed E-state index contributed by atoms with van der Waals surface area (Å²) >= 11 is 0. The Kier molecular flexibility index (Phi) is 4.63. The summed E-state index contributed by atoms with van der Waals surface area (Å²) in [5, 5.41) is 6.83. The number of nitrogens with zero attached hydrogens (tertiary/aromatic N) is 6. The van der Waals surface area contributed by atoms with Crippen LogP contribution in [0.1, 0.15) is 20.8 Å². The first-order valence-corrected chi connectivity index (χ1v) is 6.53. The van der Waals surface area contributed by atoms with Gasteiger partial charge in [0.15, 0.2) is 0 Å². The average molecular weight is 293 g/mol. The van der Waals surface area contributed by atoms with Crippen molar-refractivity contribution in [3.8, 4) is 12.0 Å². The van der Waals surface area contributed by atoms with Gasteiger partial charge in [-0.05, 0) is 20.8 Å². The molecule has 0 saturated carbocycles. The maximum Gasteiger partial charge on any atom is 0.323 e. The molecule has 0 fully saturated rings. The van der Waals surface area contributed by atoms with Crippen molar-refractivity contribution in [1.29, 1.82) is 0 Å².